The lowest BCUT2D eigenvalue weighted by atomic mass is 9.95. The van der Waals surface area contributed by atoms with Crippen LogP contribution in [0, 0.1) is 12.8 Å². The van der Waals surface area contributed by atoms with Gasteiger partial charge in [0.2, 0.25) is 5.91 Å². The molecule has 1 amide bonds. The van der Waals surface area contributed by atoms with E-state index in [1.807, 2.05) is 11.9 Å². The summed E-state index contributed by atoms with van der Waals surface area (Å²) in [6.45, 7) is 3.87. The van der Waals surface area contributed by atoms with Gasteiger partial charge in [-0.3, -0.25) is 4.79 Å². The van der Waals surface area contributed by atoms with E-state index in [4.69, 9.17) is 0 Å². The molecule has 1 aliphatic heterocycles. The van der Waals surface area contributed by atoms with Crippen molar-refractivity contribution in [3.05, 3.63) is 15.6 Å². The molecule has 2 heterocycles. The van der Waals surface area contributed by atoms with Crippen molar-refractivity contribution in [2.45, 2.75) is 38.6 Å². The lowest BCUT2D eigenvalue weighted by molar-refractivity contribution is -0.136. The van der Waals surface area contributed by atoms with Crippen LogP contribution in [0.4, 0.5) is 0 Å². The Morgan fingerprint density at radius 2 is 2.32 bits per heavy atom. The largest absolute Gasteiger partial charge is 0.338 e. The monoisotopic (exact) mass is 279 g/mol. The Morgan fingerprint density at radius 1 is 1.47 bits per heavy atom. The topological polar surface area (TPSA) is 45.2 Å². The van der Waals surface area contributed by atoms with Gasteiger partial charge in [-0.2, -0.15) is 0 Å². The van der Waals surface area contributed by atoms with Crippen LogP contribution in [0.25, 0.3) is 0 Å². The van der Waals surface area contributed by atoms with E-state index >= 15 is 0 Å². The molecule has 0 aromatic carbocycles. The van der Waals surface area contributed by atoms with Gasteiger partial charge in [0.1, 0.15) is 0 Å². The van der Waals surface area contributed by atoms with Gasteiger partial charge in [-0.1, -0.05) is 0 Å². The maximum Gasteiger partial charge on any atom is 0.227 e. The number of carbonyl (C=O) groups is 1. The standard InChI is InChI=1S/C14H21N3OS/c1-9-16-11-4-3-5-12(13(11)19-9)17(2)14(18)10-6-7-15-8-10/h10,12,15H,3-8H2,1-2H3. The Kier molecular flexibility index (Phi) is 3.58. The van der Waals surface area contributed by atoms with Crippen LogP contribution in [0.3, 0.4) is 0 Å². The van der Waals surface area contributed by atoms with E-state index < -0.39 is 0 Å². The molecule has 2 aliphatic rings. The molecule has 3 rings (SSSR count). The number of hydrogen-bond acceptors (Lipinski definition) is 4. The van der Waals surface area contributed by atoms with Crippen LogP contribution in [0.2, 0.25) is 0 Å². The molecule has 104 valence electrons. The first kappa shape index (κ1) is 13.1. The third-order valence-corrected chi connectivity index (χ3v) is 5.37. The Morgan fingerprint density at radius 3 is 3.05 bits per heavy atom. The number of aromatic nitrogens is 1. The zero-order valence-electron chi connectivity index (χ0n) is 11.6. The smallest absolute Gasteiger partial charge is 0.227 e. The predicted molar refractivity (Wildman–Crippen MR) is 76.3 cm³/mol. The summed E-state index contributed by atoms with van der Waals surface area (Å²) in [6.07, 6.45) is 4.27. The molecule has 2 unspecified atom stereocenters. The van der Waals surface area contributed by atoms with Gasteiger partial charge in [-0.25, -0.2) is 4.98 Å². The van der Waals surface area contributed by atoms with Gasteiger partial charge in [-0.05, 0) is 39.2 Å². The summed E-state index contributed by atoms with van der Waals surface area (Å²) in [5, 5.41) is 4.40. The quantitative estimate of drug-likeness (QED) is 0.899. The van der Waals surface area contributed by atoms with E-state index in [1.165, 1.54) is 10.6 Å². The highest BCUT2D eigenvalue weighted by molar-refractivity contribution is 7.11. The SMILES string of the molecule is Cc1nc2c(s1)C(N(C)C(=O)C1CCNC1)CCC2. The van der Waals surface area contributed by atoms with E-state index in [-0.39, 0.29) is 12.0 Å². The van der Waals surface area contributed by atoms with Gasteiger partial charge < -0.3 is 10.2 Å². The van der Waals surface area contributed by atoms with E-state index in [2.05, 4.69) is 17.2 Å². The molecule has 1 saturated heterocycles. The van der Waals surface area contributed by atoms with Crippen LogP contribution in [0.15, 0.2) is 0 Å². The molecule has 0 radical (unpaired) electrons. The molecule has 1 N–H and O–H groups in total. The van der Waals surface area contributed by atoms with E-state index in [1.54, 1.807) is 11.3 Å². The van der Waals surface area contributed by atoms with Crippen molar-refractivity contribution in [2.75, 3.05) is 20.1 Å². The predicted octanol–water partition coefficient (Wildman–Crippen LogP) is 1.90. The third kappa shape index (κ3) is 2.41. The maximum atomic E-state index is 12.5. The minimum Gasteiger partial charge on any atom is -0.338 e. The average Bonchev–Trinajstić information content (AvgIpc) is 3.04. The summed E-state index contributed by atoms with van der Waals surface area (Å²) >= 11 is 1.77. The van der Waals surface area contributed by atoms with E-state index in [0.29, 0.717) is 5.91 Å². The molecular weight excluding hydrogens is 258 g/mol. The average molecular weight is 279 g/mol. The molecule has 0 saturated carbocycles. The molecule has 1 aliphatic carbocycles. The second kappa shape index (κ2) is 5.21. The van der Waals surface area contributed by atoms with Gasteiger partial charge in [-0.15, -0.1) is 11.3 Å². The summed E-state index contributed by atoms with van der Waals surface area (Å²) in [4.78, 5) is 20.4. The van der Waals surface area contributed by atoms with Crippen LogP contribution in [0.1, 0.15) is 40.9 Å². The molecule has 1 aromatic heterocycles. The fourth-order valence-electron chi connectivity index (χ4n) is 3.20. The number of aryl methyl sites for hydroxylation is 2. The van der Waals surface area contributed by atoms with Gasteiger partial charge >= 0.3 is 0 Å². The summed E-state index contributed by atoms with van der Waals surface area (Å²) in [7, 11) is 1.97. The summed E-state index contributed by atoms with van der Waals surface area (Å²) in [5.41, 5.74) is 1.22. The van der Waals surface area contributed by atoms with Crippen LogP contribution in [-0.4, -0.2) is 35.9 Å². The third-order valence-electron chi connectivity index (χ3n) is 4.25. The molecular formula is C14H21N3OS. The Hall–Kier alpha value is -0.940. The van der Waals surface area contributed by atoms with Crippen LogP contribution < -0.4 is 5.32 Å². The molecule has 19 heavy (non-hydrogen) atoms. The van der Waals surface area contributed by atoms with E-state index in [9.17, 15) is 4.79 Å². The molecule has 1 aromatic rings. The molecule has 4 nitrogen and oxygen atoms in total. The Balaban J connectivity index is 1.80. The van der Waals surface area contributed by atoms with Crippen LogP contribution in [0.5, 0.6) is 0 Å². The highest BCUT2D eigenvalue weighted by Crippen LogP contribution is 2.38. The number of nitrogens with zero attached hydrogens (tertiary/aromatic N) is 2. The van der Waals surface area contributed by atoms with Crippen molar-refractivity contribution in [3.8, 4) is 0 Å². The highest BCUT2D eigenvalue weighted by Gasteiger charge is 2.33. The molecule has 1 fully saturated rings. The highest BCUT2D eigenvalue weighted by atomic mass is 32.1. The summed E-state index contributed by atoms with van der Waals surface area (Å²) < 4.78 is 0. The minimum atomic E-state index is 0.171. The van der Waals surface area contributed by atoms with Gasteiger partial charge in [0.25, 0.3) is 0 Å². The number of amides is 1. The number of hydrogen-bond donors (Lipinski definition) is 1. The fourth-order valence-corrected chi connectivity index (χ4v) is 4.35. The second-order valence-corrected chi connectivity index (χ2v) is 6.83. The van der Waals surface area contributed by atoms with Crippen LogP contribution >= 0.6 is 11.3 Å². The summed E-state index contributed by atoms with van der Waals surface area (Å²) in [5.74, 6) is 0.471. The van der Waals surface area contributed by atoms with Crippen molar-refractivity contribution >= 4 is 17.2 Å². The molecule has 2 atom stereocenters. The molecule has 0 spiro atoms. The normalized spacial score (nSPS) is 26.2. The number of carbonyl (C=O) groups excluding carboxylic acids is 1. The van der Waals surface area contributed by atoms with Gasteiger partial charge in [0, 0.05) is 13.6 Å². The number of fused-ring (bicyclic) bond motifs is 1. The number of nitrogens with one attached hydrogen (secondary N) is 1. The van der Waals surface area contributed by atoms with Crippen molar-refractivity contribution < 1.29 is 4.79 Å². The first-order chi connectivity index (χ1) is 9.16. The lowest BCUT2D eigenvalue weighted by Crippen LogP contribution is -2.37. The fraction of sp³-hybridized carbons (Fsp3) is 0.714. The van der Waals surface area contributed by atoms with E-state index in [0.717, 1.165) is 43.8 Å². The second-order valence-electron chi connectivity index (χ2n) is 5.59. The zero-order chi connectivity index (χ0) is 13.4. The number of thiazole rings is 1. The Labute approximate surface area is 118 Å². The van der Waals surface area contributed by atoms with Crippen molar-refractivity contribution in [1.82, 2.24) is 15.2 Å². The molecule has 5 heteroatoms. The first-order valence-electron chi connectivity index (χ1n) is 7.10. The lowest BCUT2D eigenvalue weighted by Gasteiger charge is -2.32. The first-order valence-corrected chi connectivity index (χ1v) is 7.92. The van der Waals surface area contributed by atoms with Crippen molar-refractivity contribution in [3.63, 3.8) is 0 Å². The van der Waals surface area contributed by atoms with Gasteiger partial charge in [0.15, 0.2) is 0 Å². The number of rotatable bonds is 2. The van der Waals surface area contributed by atoms with Crippen molar-refractivity contribution in [1.29, 1.82) is 0 Å². The van der Waals surface area contributed by atoms with Crippen LogP contribution in [-0.2, 0) is 11.2 Å². The Bertz CT molecular complexity index is 479. The zero-order valence-corrected chi connectivity index (χ0v) is 12.4. The molecule has 0 bridgehead atoms. The summed E-state index contributed by atoms with van der Waals surface area (Å²) in [6, 6.07) is 0.253. The van der Waals surface area contributed by atoms with Gasteiger partial charge in [0.05, 0.1) is 27.5 Å². The van der Waals surface area contributed by atoms with Crippen molar-refractivity contribution in [2.24, 2.45) is 5.92 Å². The maximum absolute atomic E-state index is 12.5. The minimum absolute atomic E-state index is 0.171.